The fraction of sp³-hybridized carbons (Fsp3) is 0.417. The molecule has 2 rings (SSSR count). The number of hydrogen-bond donors (Lipinski definition) is 1. The SMILES string of the molecule is N#Cc1c(F)cc(F)cc1OC1CCNCC1. The van der Waals surface area contributed by atoms with E-state index in [1.807, 2.05) is 0 Å². The fourth-order valence-electron chi connectivity index (χ4n) is 1.84. The molecule has 1 aliphatic heterocycles. The summed E-state index contributed by atoms with van der Waals surface area (Å²) in [5, 5.41) is 12.0. The first kappa shape index (κ1) is 11.8. The summed E-state index contributed by atoms with van der Waals surface area (Å²) < 4.78 is 31.9. The summed E-state index contributed by atoms with van der Waals surface area (Å²) >= 11 is 0. The van der Waals surface area contributed by atoms with Crippen LogP contribution in [-0.2, 0) is 0 Å². The minimum absolute atomic E-state index is 0.00287. The Morgan fingerprint density at radius 2 is 2.00 bits per heavy atom. The van der Waals surface area contributed by atoms with Gasteiger partial charge in [0.2, 0.25) is 0 Å². The van der Waals surface area contributed by atoms with Gasteiger partial charge in [-0.25, -0.2) is 8.78 Å². The molecule has 0 spiro atoms. The van der Waals surface area contributed by atoms with E-state index in [1.54, 1.807) is 6.07 Å². The Morgan fingerprint density at radius 3 is 2.65 bits per heavy atom. The number of nitrogens with zero attached hydrogens (tertiary/aromatic N) is 1. The lowest BCUT2D eigenvalue weighted by molar-refractivity contribution is 0.161. The quantitative estimate of drug-likeness (QED) is 0.856. The van der Waals surface area contributed by atoms with Crippen molar-refractivity contribution in [1.29, 1.82) is 5.26 Å². The molecule has 1 aromatic rings. The van der Waals surface area contributed by atoms with Gasteiger partial charge in [-0.05, 0) is 25.9 Å². The van der Waals surface area contributed by atoms with Gasteiger partial charge in [-0.3, -0.25) is 0 Å². The number of halogens is 2. The van der Waals surface area contributed by atoms with Gasteiger partial charge >= 0.3 is 0 Å². The summed E-state index contributed by atoms with van der Waals surface area (Å²) in [7, 11) is 0. The van der Waals surface area contributed by atoms with Crippen molar-refractivity contribution in [3.05, 3.63) is 29.3 Å². The fourth-order valence-corrected chi connectivity index (χ4v) is 1.84. The van der Waals surface area contributed by atoms with Gasteiger partial charge in [-0.2, -0.15) is 5.26 Å². The highest BCUT2D eigenvalue weighted by molar-refractivity contribution is 5.44. The number of rotatable bonds is 2. The number of ether oxygens (including phenoxy) is 1. The largest absolute Gasteiger partial charge is 0.489 e. The highest BCUT2D eigenvalue weighted by Gasteiger charge is 2.18. The minimum atomic E-state index is -0.878. The molecule has 0 unspecified atom stereocenters. The molecule has 0 atom stereocenters. The zero-order valence-corrected chi connectivity index (χ0v) is 9.17. The molecule has 0 bridgehead atoms. The van der Waals surface area contributed by atoms with Gasteiger partial charge in [0.25, 0.3) is 0 Å². The molecule has 0 aromatic heterocycles. The molecule has 1 aromatic carbocycles. The van der Waals surface area contributed by atoms with Gasteiger partial charge in [0, 0.05) is 12.1 Å². The maximum Gasteiger partial charge on any atom is 0.147 e. The normalized spacial score (nSPS) is 16.5. The maximum atomic E-state index is 13.3. The van der Waals surface area contributed by atoms with E-state index in [0.29, 0.717) is 6.07 Å². The molecule has 0 saturated carbocycles. The molecule has 1 heterocycles. The Kier molecular flexibility index (Phi) is 3.55. The molecular weight excluding hydrogens is 226 g/mol. The van der Waals surface area contributed by atoms with E-state index in [0.717, 1.165) is 32.0 Å². The topological polar surface area (TPSA) is 45.0 Å². The standard InChI is InChI=1S/C12H12F2N2O/c13-8-5-11(14)10(7-15)12(6-8)17-9-1-3-16-4-2-9/h5-6,9,16H,1-4H2. The third kappa shape index (κ3) is 2.71. The van der Waals surface area contributed by atoms with E-state index < -0.39 is 11.6 Å². The zero-order valence-electron chi connectivity index (χ0n) is 9.17. The highest BCUT2D eigenvalue weighted by atomic mass is 19.1. The predicted octanol–water partition coefficient (Wildman–Crippen LogP) is 1.97. The van der Waals surface area contributed by atoms with Crippen molar-refractivity contribution in [2.75, 3.05) is 13.1 Å². The molecule has 0 amide bonds. The Labute approximate surface area is 98.0 Å². The van der Waals surface area contributed by atoms with Crippen LogP contribution in [0.15, 0.2) is 12.1 Å². The summed E-state index contributed by atoms with van der Waals surface area (Å²) in [5.74, 6) is -1.61. The summed E-state index contributed by atoms with van der Waals surface area (Å²) in [6.07, 6.45) is 1.44. The van der Waals surface area contributed by atoms with Crippen LogP contribution >= 0.6 is 0 Å². The van der Waals surface area contributed by atoms with Gasteiger partial charge in [0.05, 0.1) is 0 Å². The molecule has 1 aliphatic rings. The van der Waals surface area contributed by atoms with Gasteiger partial charge in [-0.1, -0.05) is 0 Å². The second kappa shape index (κ2) is 5.11. The predicted molar refractivity (Wildman–Crippen MR) is 57.6 cm³/mol. The highest BCUT2D eigenvalue weighted by Crippen LogP contribution is 2.25. The molecule has 0 aliphatic carbocycles. The van der Waals surface area contributed by atoms with Crippen LogP contribution in [0.25, 0.3) is 0 Å². The minimum Gasteiger partial charge on any atom is -0.489 e. The Morgan fingerprint density at radius 1 is 1.29 bits per heavy atom. The smallest absolute Gasteiger partial charge is 0.147 e. The van der Waals surface area contributed by atoms with Gasteiger partial charge in [0.1, 0.15) is 35.1 Å². The van der Waals surface area contributed by atoms with Crippen LogP contribution in [0, 0.1) is 23.0 Å². The summed E-state index contributed by atoms with van der Waals surface area (Å²) in [5.41, 5.74) is -0.232. The van der Waals surface area contributed by atoms with E-state index in [1.165, 1.54) is 0 Å². The Bertz CT molecular complexity index is 451. The van der Waals surface area contributed by atoms with Crippen LogP contribution in [0.4, 0.5) is 8.78 Å². The summed E-state index contributed by atoms with van der Waals surface area (Å²) in [4.78, 5) is 0. The van der Waals surface area contributed by atoms with Gasteiger partial charge in [0.15, 0.2) is 0 Å². The van der Waals surface area contributed by atoms with Crippen LogP contribution < -0.4 is 10.1 Å². The van der Waals surface area contributed by atoms with Crippen molar-refractivity contribution < 1.29 is 13.5 Å². The number of benzene rings is 1. The zero-order chi connectivity index (χ0) is 12.3. The third-order valence-corrected chi connectivity index (χ3v) is 2.71. The maximum absolute atomic E-state index is 13.3. The van der Waals surface area contributed by atoms with Crippen molar-refractivity contribution >= 4 is 0 Å². The molecule has 1 saturated heterocycles. The first-order valence-electron chi connectivity index (χ1n) is 5.47. The number of hydrogen-bond acceptors (Lipinski definition) is 3. The molecular formula is C12H12F2N2O. The van der Waals surface area contributed by atoms with Gasteiger partial charge in [-0.15, -0.1) is 0 Å². The van der Waals surface area contributed by atoms with E-state index in [4.69, 9.17) is 10.00 Å². The number of nitriles is 1. The lowest BCUT2D eigenvalue weighted by Gasteiger charge is -2.24. The average Bonchev–Trinajstić information content (AvgIpc) is 2.30. The summed E-state index contributed by atoms with van der Waals surface area (Å²) in [6.45, 7) is 1.62. The molecule has 1 N–H and O–H groups in total. The van der Waals surface area contributed by atoms with E-state index >= 15 is 0 Å². The molecule has 17 heavy (non-hydrogen) atoms. The van der Waals surface area contributed by atoms with Crippen LogP contribution in [-0.4, -0.2) is 19.2 Å². The van der Waals surface area contributed by atoms with Crippen LogP contribution in [0.1, 0.15) is 18.4 Å². The van der Waals surface area contributed by atoms with Crippen molar-refractivity contribution in [2.45, 2.75) is 18.9 Å². The van der Waals surface area contributed by atoms with Crippen molar-refractivity contribution in [2.24, 2.45) is 0 Å². The first-order valence-corrected chi connectivity index (χ1v) is 5.47. The van der Waals surface area contributed by atoms with Crippen LogP contribution in [0.3, 0.4) is 0 Å². The van der Waals surface area contributed by atoms with Crippen LogP contribution in [0.5, 0.6) is 5.75 Å². The van der Waals surface area contributed by atoms with Gasteiger partial charge < -0.3 is 10.1 Å². The Balaban J connectivity index is 2.22. The monoisotopic (exact) mass is 238 g/mol. The molecule has 3 nitrogen and oxygen atoms in total. The molecule has 1 fully saturated rings. The van der Waals surface area contributed by atoms with Crippen molar-refractivity contribution in [1.82, 2.24) is 5.32 Å². The lowest BCUT2D eigenvalue weighted by atomic mass is 10.1. The number of piperidine rings is 1. The number of nitrogens with one attached hydrogen (secondary N) is 1. The van der Waals surface area contributed by atoms with Crippen molar-refractivity contribution in [3.8, 4) is 11.8 Å². The first-order chi connectivity index (χ1) is 8.20. The van der Waals surface area contributed by atoms with E-state index in [9.17, 15) is 8.78 Å². The molecule has 5 heteroatoms. The average molecular weight is 238 g/mol. The third-order valence-electron chi connectivity index (χ3n) is 2.71. The molecule has 0 radical (unpaired) electrons. The van der Waals surface area contributed by atoms with Crippen LogP contribution in [0.2, 0.25) is 0 Å². The summed E-state index contributed by atoms with van der Waals surface area (Å²) in [6, 6.07) is 3.45. The van der Waals surface area contributed by atoms with E-state index in [2.05, 4.69) is 5.32 Å². The van der Waals surface area contributed by atoms with E-state index in [-0.39, 0.29) is 17.4 Å². The Hall–Kier alpha value is -1.67. The second-order valence-electron chi connectivity index (χ2n) is 3.94. The van der Waals surface area contributed by atoms with Crippen molar-refractivity contribution in [3.63, 3.8) is 0 Å². The molecule has 90 valence electrons. The lowest BCUT2D eigenvalue weighted by Crippen LogP contribution is -2.34. The second-order valence-corrected chi connectivity index (χ2v) is 3.94.